The second-order valence-electron chi connectivity index (χ2n) is 3.94. The molecule has 0 aliphatic heterocycles. The van der Waals surface area contributed by atoms with E-state index < -0.39 is 0 Å². The summed E-state index contributed by atoms with van der Waals surface area (Å²) in [6, 6.07) is 0. The lowest BCUT2D eigenvalue weighted by Gasteiger charge is -2.20. The molecule has 0 rings (SSSR count). The van der Waals surface area contributed by atoms with Gasteiger partial charge in [0.25, 0.3) is 0 Å². The van der Waals surface area contributed by atoms with Crippen molar-refractivity contribution in [2.75, 3.05) is 53.7 Å². The van der Waals surface area contributed by atoms with Gasteiger partial charge in [0.1, 0.15) is 6.61 Å². The number of rotatable bonds is 11. The second-order valence-corrected chi connectivity index (χ2v) is 3.94. The van der Waals surface area contributed by atoms with Gasteiger partial charge in [0.15, 0.2) is 5.78 Å². The van der Waals surface area contributed by atoms with Gasteiger partial charge in [-0.15, -0.1) is 0 Å². The van der Waals surface area contributed by atoms with Crippen molar-refractivity contribution in [1.29, 1.82) is 0 Å². The monoisotopic (exact) mass is 261 g/mol. The zero-order valence-corrected chi connectivity index (χ0v) is 11.4. The maximum atomic E-state index is 11.3. The van der Waals surface area contributed by atoms with Crippen molar-refractivity contribution in [1.82, 2.24) is 4.90 Å². The number of Topliss-reactive ketones (excluding diaryl/α,β-unsaturated/α-hetero) is 1. The quantitative estimate of drug-likeness (QED) is 0.492. The van der Waals surface area contributed by atoms with Crippen LogP contribution in [-0.4, -0.2) is 70.3 Å². The average Bonchev–Trinajstić information content (AvgIpc) is 2.35. The van der Waals surface area contributed by atoms with Crippen LogP contribution in [-0.2, 0) is 23.8 Å². The first-order chi connectivity index (χ1) is 8.60. The second kappa shape index (κ2) is 11.1. The Morgan fingerprint density at radius 2 is 1.56 bits per heavy atom. The lowest BCUT2D eigenvalue weighted by atomic mass is 10.3. The molecule has 6 nitrogen and oxygen atoms in total. The van der Waals surface area contributed by atoms with E-state index in [9.17, 15) is 9.59 Å². The summed E-state index contributed by atoms with van der Waals surface area (Å²) in [6.07, 6.45) is 0.265. The molecule has 0 spiro atoms. The van der Waals surface area contributed by atoms with Crippen molar-refractivity contribution < 1.29 is 23.8 Å². The van der Waals surface area contributed by atoms with E-state index in [1.807, 2.05) is 0 Å². The van der Waals surface area contributed by atoms with E-state index in [1.165, 1.54) is 6.92 Å². The molecule has 0 aliphatic carbocycles. The van der Waals surface area contributed by atoms with E-state index in [0.717, 1.165) is 13.1 Å². The van der Waals surface area contributed by atoms with E-state index >= 15 is 0 Å². The van der Waals surface area contributed by atoms with Crippen LogP contribution in [0.25, 0.3) is 0 Å². The number of nitrogens with zero attached hydrogens (tertiary/aromatic N) is 1. The Labute approximate surface area is 108 Å². The standard InChI is InChI=1S/C12H23NO5/c1-11(14)10-18-12(15)4-5-13(6-8-16-2)7-9-17-3/h4-10H2,1-3H3. The lowest BCUT2D eigenvalue weighted by Crippen LogP contribution is -2.33. The average molecular weight is 261 g/mol. The molecular weight excluding hydrogens is 238 g/mol. The van der Waals surface area contributed by atoms with Crippen LogP contribution in [0.15, 0.2) is 0 Å². The van der Waals surface area contributed by atoms with Crippen LogP contribution < -0.4 is 0 Å². The third-order valence-corrected chi connectivity index (χ3v) is 2.29. The Morgan fingerprint density at radius 3 is 2.00 bits per heavy atom. The highest BCUT2D eigenvalue weighted by molar-refractivity contribution is 5.80. The molecule has 106 valence electrons. The number of carbonyl (C=O) groups excluding carboxylic acids is 2. The minimum Gasteiger partial charge on any atom is -0.458 e. The summed E-state index contributed by atoms with van der Waals surface area (Å²) in [7, 11) is 3.27. The highest BCUT2D eigenvalue weighted by atomic mass is 16.5. The minimum absolute atomic E-state index is 0.144. The number of hydrogen-bond donors (Lipinski definition) is 0. The topological polar surface area (TPSA) is 65.1 Å². The van der Waals surface area contributed by atoms with Gasteiger partial charge in [-0.3, -0.25) is 14.5 Å². The van der Waals surface area contributed by atoms with Crippen molar-refractivity contribution in [3.63, 3.8) is 0 Å². The first kappa shape index (κ1) is 17.0. The summed E-state index contributed by atoms with van der Waals surface area (Å²) in [6.45, 7) is 4.49. The van der Waals surface area contributed by atoms with Gasteiger partial charge in [-0.2, -0.15) is 0 Å². The molecule has 0 aromatic rings. The van der Waals surface area contributed by atoms with E-state index in [4.69, 9.17) is 14.2 Å². The van der Waals surface area contributed by atoms with Gasteiger partial charge >= 0.3 is 5.97 Å². The molecule has 0 saturated heterocycles. The third-order valence-electron chi connectivity index (χ3n) is 2.29. The van der Waals surface area contributed by atoms with Crippen molar-refractivity contribution in [3.05, 3.63) is 0 Å². The summed E-state index contributed by atoms with van der Waals surface area (Å²) >= 11 is 0. The molecule has 0 N–H and O–H groups in total. The van der Waals surface area contributed by atoms with E-state index in [-0.39, 0.29) is 24.8 Å². The predicted molar refractivity (Wildman–Crippen MR) is 66.4 cm³/mol. The summed E-state index contributed by atoms with van der Waals surface area (Å²) in [5.41, 5.74) is 0. The van der Waals surface area contributed by atoms with Gasteiger partial charge in [-0.1, -0.05) is 0 Å². The summed E-state index contributed by atoms with van der Waals surface area (Å²) < 4.78 is 14.8. The molecule has 0 aromatic heterocycles. The van der Waals surface area contributed by atoms with Crippen LogP contribution in [0.2, 0.25) is 0 Å². The molecule has 0 aliphatic rings. The highest BCUT2D eigenvalue weighted by Crippen LogP contribution is 1.95. The van der Waals surface area contributed by atoms with Crippen LogP contribution in [0, 0.1) is 0 Å². The summed E-state index contributed by atoms with van der Waals surface area (Å²) in [5, 5.41) is 0. The molecule has 0 bridgehead atoms. The van der Waals surface area contributed by atoms with Gasteiger partial charge < -0.3 is 14.2 Å². The maximum absolute atomic E-state index is 11.3. The molecule has 18 heavy (non-hydrogen) atoms. The summed E-state index contributed by atoms with van der Waals surface area (Å²) in [4.78, 5) is 24.0. The molecule has 0 fully saturated rings. The third kappa shape index (κ3) is 10.2. The molecule has 0 saturated carbocycles. The van der Waals surface area contributed by atoms with Gasteiger partial charge in [-0.25, -0.2) is 0 Å². The highest BCUT2D eigenvalue weighted by Gasteiger charge is 2.09. The lowest BCUT2D eigenvalue weighted by molar-refractivity contribution is -0.147. The fraction of sp³-hybridized carbons (Fsp3) is 0.833. The summed E-state index contributed by atoms with van der Waals surface area (Å²) in [5.74, 6) is -0.510. The fourth-order valence-corrected chi connectivity index (χ4v) is 1.28. The maximum Gasteiger partial charge on any atom is 0.307 e. The van der Waals surface area contributed by atoms with E-state index in [2.05, 4.69) is 4.90 Å². The molecule has 6 heteroatoms. The molecule has 0 amide bonds. The van der Waals surface area contributed by atoms with Crippen molar-refractivity contribution in [3.8, 4) is 0 Å². The minimum atomic E-state index is -0.356. The zero-order valence-electron chi connectivity index (χ0n) is 11.4. The molecule has 0 heterocycles. The number of ether oxygens (including phenoxy) is 3. The zero-order chi connectivity index (χ0) is 13.8. The SMILES string of the molecule is COCCN(CCOC)CCC(=O)OCC(C)=O. The molecule has 0 aromatic carbocycles. The van der Waals surface area contributed by atoms with Gasteiger partial charge in [0.05, 0.1) is 19.6 Å². The van der Waals surface area contributed by atoms with Crippen LogP contribution in [0.4, 0.5) is 0 Å². The van der Waals surface area contributed by atoms with Crippen molar-refractivity contribution in [2.45, 2.75) is 13.3 Å². The number of esters is 1. The van der Waals surface area contributed by atoms with Crippen LogP contribution in [0.1, 0.15) is 13.3 Å². The largest absolute Gasteiger partial charge is 0.458 e. The Bertz CT molecular complexity index is 237. The van der Waals surface area contributed by atoms with Crippen molar-refractivity contribution >= 4 is 11.8 Å². The molecule has 0 unspecified atom stereocenters. The van der Waals surface area contributed by atoms with Crippen LogP contribution in [0.3, 0.4) is 0 Å². The first-order valence-electron chi connectivity index (χ1n) is 5.95. The van der Waals surface area contributed by atoms with Crippen molar-refractivity contribution in [2.24, 2.45) is 0 Å². The van der Waals surface area contributed by atoms with Crippen LogP contribution >= 0.6 is 0 Å². The molecular formula is C12H23NO5. The Morgan fingerprint density at radius 1 is 1.00 bits per heavy atom. The Hall–Kier alpha value is -0.980. The Kier molecular flexibility index (Phi) is 10.5. The van der Waals surface area contributed by atoms with E-state index in [0.29, 0.717) is 19.8 Å². The van der Waals surface area contributed by atoms with Crippen LogP contribution in [0.5, 0.6) is 0 Å². The number of hydrogen-bond acceptors (Lipinski definition) is 6. The normalized spacial score (nSPS) is 10.7. The smallest absolute Gasteiger partial charge is 0.307 e. The van der Waals surface area contributed by atoms with Gasteiger partial charge in [0, 0.05) is 33.9 Å². The van der Waals surface area contributed by atoms with Gasteiger partial charge in [-0.05, 0) is 6.92 Å². The number of methoxy groups -OCH3 is 2. The van der Waals surface area contributed by atoms with E-state index in [1.54, 1.807) is 14.2 Å². The number of ketones is 1. The number of carbonyl (C=O) groups is 2. The predicted octanol–water partition coefficient (Wildman–Crippen LogP) is 0.104. The first-order valence-corrected chi connectivity index (χ1v) is 5.95. The molecule has 0 atom stereocenters. The van der Waals surface area contributed by atoms with Gasteiger partial charge in [0.2, 0.25) is 0 Å². The molecule has 0 radical (unpaired) electrons. The fourth-order valence-electron chi connectivity index (χ4n) is 1.28. The Balaban J connectivity index is 3.84.